The maximum Gasteiger partial charge on any atom is 0.340 e. The Morgan fingerprint density at radius 2 is 1.73 bits per heavy atom. The van der Waals surface area contributed by atoms with E-state index in [0.29, 0.717) is 10.7 Å². The van der Waals surface area contributed by atoms with E-state index in [9.17, 15) is 27.2 Å². The largest absolute Gasteiger partial charge is 0.459 e. The van der Waals surface area contributed by atoms with Gasteiger partial charge < -0.3 is 10.1 Å². The summed E-state index contributed by atoms with van der Waals surface area (Å²) in [4.78, 5) is 24.5. The number of halogens is 5. The van der Waals surface area contributed by atoms with Crippen molar-refractivity contribution in [3.8, 4) is 0 Å². The van der Waals surface area contributed by atoms with Gasteiger partial charge in [-0.05, 0) is 37.1 Å². The van der Waals surface area contributed by atoms with Gasteiger partial charge in [0.2, 0.25) is 5.91 Å². The zero-order valence-corrected chi connectivity index (χ0v) is 14.2. The first-order valence-corrected chi connectivity index (χ1v) is 8.12. The lowest BCUT2D eigenvalue weighted by molar-refractivity contribution is -0.184. The molecule has 2 rings (SSSR count). The van der Waals surface area contributed by atoms with Crippen molar-refractivity contribution in [2.45, 2.75) is 25.2 Å². The average molecular weight is 394 g/mol. The third kappa shape index (κ3) is 5.20. The zero-order chi connectivity index (χ0) is 19.3. The number of hydrogen-bond acceptors (Lipinski definition) is 3. The van der Waals surface area contributed by atoms with E-state index in [2.05, 4.69) is 10.1 Å². The number of anilines is 1. The van der Waals surface area contributed by atoms with Crippen molar-refractivity contribution in [3.63, 3.8) is 0 Å². The summed E-state index contributed by atoms with van der Waals surface area (Å²) in [5.41, 5.74) is 0.449. The molecular formula is C17H16ClF4NO3. The second-order valence-electron chi connectivity index (χ2n) is 5.82. The fraction of sp³-hybridized carbons (Fsp3) is 0.412. The molecule has 1 amide bonds. The van der Waals surface area contributed by atoms with E-state index in [1.807, 2.05) is 0 Å². The quantitative estimate of drug-likeness (QED) is 0.445. The molecule has 1 aromatic carbocycles. The molecule has 1 aliphatic carbocycles. The van der Waals surface area contributed by atoms with Gasteiger partial charge in [0.15, 0.2) is 6.61 Å². The lowest BCUT2D eigenvalue weighted by atomic mass is 9.82. The van der Waals surface area contributed by atoms with E-state index in [1.54, 1.807) is 36.4 Å². The van der Waals surface area contributed by atoms with E-state index in [-0.39, 0.29) is 12.8 Å². The number of alkyl halides is 4. The minimum atomic E-state index is -4.43. The van der Waals surface area contributed by atoms with Crippen molar-refractivity contribution in [2.24, 2.45) is 11.8 Å². The van der Waals surface area contributed by atoms with Crippen molar-refractivity contribution in [1.29, 1.82) is 0 Å². The summed E-state index contributed by atoms with van der Waals surface area (Å²) in [5.74, 6) is -7.92. The number of allylic oxidation sites excluding steroid dienone is 2. The minimum absolute atomic E-state index is 0.0950. The first-order valence-electron chi connectivity index (χ1n) is 7.75. The van der Waals surface area contributed by atoms with E-state index < -0.39 is 42.7 Å². The summed E-state index contributed by atoms with van der Waals surface area (Å²) >= 11 is 5.76. The number of hydrogen-bond donors (Lipinski definition) is 1. The van der Waals surface area contributed by atoms with Crippen LogP contribution in [0.15, 0.2) is 36.4 Å². The normalized spacial score (nSPS) is 20.1. The van der Waals surface area contributed by atoms with Gasteiger partial charge in [-0.3, -0.25) is 9.59 Å². The van der Waals surface area contributed by atoms with Crippen LogP contribution in [0.5, 0.6) is 0 Å². The Hall–Kier alpha value is -2.09. The Morgan fingerprint density at radius 1 is 1.15 bits per heavy atom. The second-order valence-corrected chi connectivity index (χ2v) is 6.26. The third-order valence-corrected chi connectivity index (χ3v) is 4.16. The van der Waals surface area contributed by atoms with Crippen LogP contribution in [0.4, 0.5) is 23.2 Å². The molecule has 1 aliphatic rings. The van der Waals surface area contributed by atoms with E-state index in [1.165, 1.54) is 0 Å². The predicted octanol–water partition coefficient (Wildman–Crippen LogP) is 4.30. The van der Waals surface area contributed by atoms with Gasteiger partial charge in [0.1, 0.15) is 0 Å². The molecule has 2 atom stereocenters. The molecule has 1 aromatic rings. The Bertz CT molecular complexity index is 679. The standard InChI is InChI=1S/C17H16ClF4NO3/c18-10-5-7-11(8-6-10)23-14(24)12-3-1-2-4-13(12)15(25)26-9-17(21,22)16(19)20/h1-2,5-8,12-13,16H,3-4,9H2,(H,23,24)/t12-,13+/m0/s1. The molecule has 0 aromatic heterocycles. The fourth-order valence-electron chi connectivity index (χ4n) is 2.47. The molecule has 0 saturated carbocycles. The number of nitrogens with one attached hydrogen (secondary N) is 1. The van der Waals surface area contributed by atoms with Gasteiger partial charge in [0.05, 0.1) is 11.8 Å². The van der Waals surface area contributed by atoms with E-state index in [4.69, 9.17) is 11.6 Å². The minimum Gasteiger partial charge on any atom is -0.459 e. The molecule has 26 heavy (non-hydrogen) atoms. The van der Waals surface area contributed by atoms with Gasteiger partial charge in [-0.15, -0.1) is 0 Å². The number of ether oxygens (including phenoxy) is 1. The Morgan fingerprint density at radius 3 is 2.31 bits per heavy atom. The summed E-state index contributed by atoms with van der Waals surface area (Å²) in [7, 11) is 0. The highest BCUT2D eigenvalue weighted by molar-refractivity contribution is 6.30. The summed E-state index contributed by atoms with van der Waals surface area (Å²) in [6, 6.07) is 6.26. The van der Waals surface area contributed by atoms with Gasteiger partial charge in [-0.2, -0.15) is 8.78 Å². The van der Waals surface area contributed by atoms with Crippen LogP contribution in [0, 0.1) is 11.8 Å². The smallest absolute Gasteiger partial charge is 0.340 e. The van der Waals surface area contributed by atoms with Crippen LogP contribution in [0.3, 0.4) is 0 Å². The van der Waals surface area contributed by atoms with Gasteiger partial charge in [-0.25, -0.2) is 8.78 Å². The average Bonchev–Trinajstić information content (AvgIpc) is 2.61. The van der Waals surface area contributed by atoms with E-state index >= 15 is 0 Å². The number of benzene rings is 1. The van der Waals surface area contributed by atoms with Gasteiger partial charge in [0.25, 0.3) is 0 Å². The van der Waals surface area contributed by atoms with Crippen LogP contribution in [0.1, 0.15) is 12.8 Å². The molecule has 0 saturated heterocycles. The van der Waals surface area contributed by atoms with Crippen LogP contribution in [-0.4, -0.2) is 30.8 Å². The molecule has 0 unspecified atom stereocenters. The molecule has 0 aliphatic heterocycles. The zero-order valence-electron chi connectivity index (χ0n) is 13.4. The SMILES string of the molecule is O=C(Nc1ccc(Cl)cc1)[C@H]1CC=CC[C@H]1C(=O)OCC(F)(F)C(F)F. The lowest BCUT2D eigenvalue weighted by Gasteiger charge is -2.26. The number of rotatable bonds is 6. The number of amides is 1. The van der Waals surface area contributed by atoms with Gasteiger partial charge >= 0.3 is 18.3 Å². The highest BCUT2D eigenvalue weighted by Crippen LogP contribution is 2.30. The summed E-state index contributed by atoms with van der Waals surface area (Å²) in [6.45, 7) is -1.73. The highest BCUT2D eigenvalue weighted by Gasteiger charge is 2.43. The van der Waals surface area contributed by atoms with Crippen molar-refractivity contribution in [1.82, 2.24) is 0 Å². The maximum absolute atomic E-state index is 12.9. The van der Waals surface area contributed by atoms with Gasteiger partial charge in [0, 0.05) is 10.7 Å². The lowest BCUT2D eigenvalue weighted by Crippen LogP contribution is -2.39. The number of esters is 1. The highest BCUT2D eigenvalue weighted by atomic mass is 35.5. The first-order chi connectivity index (χ1) is 12.2. The van der Waals surface area contributed by atoms with Crippen molar-refractivity contribution >= 4 is 29.2 Å². The van der Waals surface area contributed by atoms with Crippen molar-refractivity contribution in [2.75, 3.05) is 11.9 Å². The Labute approximate surface area is 152 Å². The molecular weight excluding hydrogens is 378 g/mol. The molecule has 0 heterocycles. The Balaban J connectivity index is 2.02. The molecule has 0 fully saturated rings. The molecule has 0 spiro atoms. The molecule has 1 N–H and O–H groups in total. The predicted molar refractivity (Wildman–Crippen MR) is 87.3 cm³/mol. The second kappa shape index (κ2) is 8.53. The summed E-state index contributed by atoms with van der Waals surface area (Å²) < 4.78 is 54.5. The van der Waals surface area contributed by atoms with Crippen LogP contribution >= 0.6 is 11.6 Å². The molecule has 0 radical (unpaired) electrons. The topological polar surface area (TPSA) is 55.4 Å². The molecule has 4 nitrogen and oxygen atoms in total. The van der Waals surface area contributed by atoms with Crippen LogP contribution in [0.25, 0.3) is 0 Å². The van der Waals surface area contributed by atoms with Gasteiger partial charge in [-0.1, -0.05) is 23.8 Å². The van der Waals surface area contributed by atoms with Crippen molar-refractivity contribution in [3.05, 3.63) is 41.4 Å². The summed E-state index contributed by atoms with van der Waals surface area (Å²) in [5, 5.41) is 3.08. The Kier molecular flexibility index (Phi) is 6.63. The van der Waals surface area contributed by atoms with Crippen LogP contribution < -0.4 is 5.32 Å². The maximum atomic E-state index is 12.9. The van der Waals surface area contributed by atoms with E-state index in [0.717, 1.165) is 0 Å². The first kappa shape index (κ1) is 20.2. The molecule has 0 bridgehead atoms. The van der Waals surface area contributed by atoms with Crippen LogP contribution in [-0.2, 0) is 14.3 Å². The fourth-order valence-corrected chi connectivity index (χ4v) is 2.60. The monoisotopic (exact) mass is 393 g/mol. The third-order valence-electron chi connectivity index (χ3n) is 3.91. The summed E-state index contributed by atoms with van der Waals surface area (Å²) in [6.07, 6.45) is -0.347. The van der Waals surface area contributed by atoms with Crippen molar-refractivity contribution < 1.29 is 31.9 Å². The molecule has 9 heteroatoms. The number of carbonyl (C=O) groups excluding carboxylic acids is 2. The van der Waals surface area contributed by atoms with Crippen LogP contribution in [0.2, 0.25) is 5.02 Å². The molecule has 142 valence electrons. The number of carbonyl (C=O) groups is 2.